The lowest BCUT2D eigenvalue weighted by atomic mass is 9.91. The van der Waals surface area contributed by atoms with Crippen LogP contribution in [0.15, 0.2) is 18.2 Å². The number of ether oxygens (including phenoxy) is 3. The van der Waals surface area contributed by atoms with Gasteiger partial charge in [-0.25, -0.2) is 0 Å². The van der Waals surface area contributed by atoms with Gasteiger partial charge in [0.15, 0.2) is 11.5 Å². The second kappa shape index (κ2) is 8.88. The van der Waals surface area contributed by atoms with Crippen LogP contribution in [0.1, 0.15) is 43.2 Å². The van der Waals surface area contributed by atoms with E-state index in [9.17, 15) is 5.11 Å². The van der Waals surface area contributed by atoms with Crippen molar-refractivity contribution in [1.82, 2.24) is 4.90 Å². The van der Waals surface area contributed by atoms with E-state index in [-0.39, 0.29) is 12.5 Å². The molecule has 1 aromatic carbocycles. The first-order valence-corrected chi connectivity index (χ1v) is 9.00. The van der Waals surface area contributed by atoms with Gasteiger partial charge >= 0.3 is 0 Å². The lowest BCUT2D eigenvalue weighted by Crippen LogP contribution is -2.46. The largest absolute Gasteiger partial charge is 0.493 e. The van der Waals surface area contributed by atoms with Gasteiger partial charge in [-0.15, -0.1) is 0 Å². The molecule has 2 fully saturated rings. The van der Waals surface area contributed by atoms with Gasteiger partial charge in [0, 0.05) is 24.5 Å². The van der Waals surface area contributed by atoms with Crippen LogP contribution in [0.4, 0.5) is 0 Å². The van der Waals surface area contributed by atoms with Gasteiger partial charge in [0.2, 0.25) is 0 Å². The predicted molar refractivity (Wildman–Crippen MR) is 97.4 cm³/mol. The van der Waals surface area contributed by atoms with E-state index in [0.717, 1.165) is 24.8 Å². The molecule has 2 aliphatic rings. The van der Waals surface area contributed by atoms with Crippen LogP contribution in [0, 0.1) is 0 Å². The van der Waals surface area contributed by atoms with Crippen molar-refractivity contribution in [3.8, 4) is 11.5 Å². The summed E-state index contributed by atoms with van der Waals surface area (Å²) in [7, 11) is 3.19. The number of methoxy groups -OCH3 is 2. The van der Waals surface area contributed by atoms with Crippen LogP contribution in [0.5, 0.6) is 11.5 Å². The molecule has 25 heavy (non-hydrogen) atoms. The van der Waals surface area contributed by atoms with Crippen LogP contribution in [0.25, 0.3) is 0 Å². The van der Waals surface area contributed by atoms with Gasteiger partial charge in [0.1, 0.15) is 0 Å². The van der Waals surface area contributed by atoms with E-state index < -0.39 is 25.1 Å². The molecule has 1 aromatic rings. The molecular weight excluding hydrogens is 318 g/mol. The lowest BCUT2D eigenvalue weighted by molar-refractivity contribution is -0.0316. The molecule has 0 bridgehead atoms. The topological polar surface area (TPSA) is 51.2 Å². The molecule has 3 rings (SSSR count). The van der Waals surface area contributed by atoms with E-state index in [2.05, 4.69) is 0 Å². The van der Waals surface area contributed by atoms with Gasteiger partial charge in [-0.1, -0.05) is 18.9 Å². The van der Waals surface area contributed by atoms with Crippen LogP contribution < -0.4 is 9.47 Å². The molecule has 140 valence electrons. The first kappa shape index (κ1) is 13.8. The molecule has 0 aromatic heterocycles. The van der Waals surface area contributed by atoms with Crippen LogP contribution >= 0.6 is 0 Å². The Balaban J connectivity index is 1.67. The number of β-amino-alcohol motifs (C(OH)–C–C–N with tert-alkyl or cyclic N) is 1. The fourth-order valence-corrected chi connectivity index (χ4v) is 3.58. The SMILES string of the molecule is [2H]C1([2H])CC(O)C([2H])([2H])N1[C@@H]1CCCC[C@H]1OCCc1ccc(OC)c(OC)c1. The van der Waals surface area contributed by atoms with E-state index in [1.807, 2.05) is 18.2 Å². The highest BCUT2D eigenvalue weighted by Crippen LogP contribution is 2.30. The molecule has 5 nitrogen and oxygen atoms in total. The second-order valence-electron chi connectivity index (χ2n) is 6.58. The summed E-state index contributed by atoms with van der Waals surface area (Å²) in [6.07, 6.45) is 2.12. The number of likely N-dealkylation sites (tertiary alicyclic amines) is 1. The van der Waals surface area contributed by atoms with Crippen molar-refractivity contribution in [2.75, 3.05) is 33.8 Å². The van der Waals surface area contributed by atoms with Crippen molar-refractivity contribution in [3.63, 3.8) is 0 Å². The zero-order chi connectivity index (χ0) is 21.2. The zero-order valence-corrected chi connectivity index (χ0v) is 15.0. The van der Waals surface area contributed by atoms with E-state index in [4.69, 9.17) is 19.7 Å². The first-order valence-electron chi connectivity index (χ1n) is 11.0. The Morgan fingerprint density at radius 1 is 1.16 bits per heavy atom. The standard InChI is InChI=1S/C20H31NO4/c1-23-19-8-7-15(13-20(19)24-2)10-12-25-18-6-4-3-5-17(18)21-11-9-16(22)14-21/h7-8,13,16-18,22H,3-6,9-12,14H2,1-2H3/t16?,17-,18-/m1/s1/i11D2,14D2. The summed E-state index contributed by atoms with van der Waals surface area (Å²) < 4.78 is 49.7. The monoisotopic (exact) mass is 353 g/mol. The van der Waals surface area contributed by atoms with Crippen molar-refractivity contribution in [3.05, 3.63) is 23.8 Å². The average molecular weight is 353 g/mol. The maximum Gasteiger partial charge on any atom is 0.160 e. The Hall–Kier alpha value is -1.30. The number of benzene rings is 1. The highest BCUT2D eigenvalue weighted by Gasteiger charge is 2.34. The van der Waals surface area contributed by atoms with Crippen LogP contribution in [0.3, 0.4) is 0 Å². The Morgan fingerprint density at radius 3 is 2.68 bits per heavy atom. The smallest absolute Gasteiger partial charge is 0.160 e. The van der Waals surface area contributed by atoms with Gasteiger partial charge in [0.25, 0.3) is 0 Å². The quantitative estimate of drug-likeness (QED) is 0.817. The molecule has 0 radical (unpaired) electrons. The molecule has 1 unspecified atom stereocenters. The summed E-state index contributed by atoms with van der Waals surface area (Å²) in [6, 6.07) is 5.33. The summed E-state index contributed by atoms with van der Waals surface area (Å²) in [5.74, 6) is 1.33. The maximum atomic E-state index is 10.1. The van der Waals surface area contributed by atoms with E-state index in [1.165, 1.54) is 4.90 Å². The molecule has 1 aliphatic carbocycles. The van der Waals surface area contributed by atoms with Crippen molar-refractivity contribution in [1.29, 1.82) is 0 Å². The number of aliphatic hydroxyl groups is 1. The second-order valence-corrected chi connectivity index (χ2v) is 6.58. The van der Waals surface area contributed by atoms with Crippen molar-refractivity contribution in [2.24, 2.45) is 0 Å². The zero-order valence-electron chi connectivity index (χ0n) is 19.0. The van der Waals surface area contributed by atoms with Gasteiger partial charge in [0.05, 0.1) is 33.0 Å². The van der Waals surface area contributed by atoms with E-state index in [1.54, 1.807) is 14.2 Å². The minimum atomic E-state index is -2.10. The number of hydrogen-bond donors (Lipinski definition) is 1. The molecule has 0 spiro atoms. The predicted octanol–water partition coefficient (Wildman–Crippen LogP) is 2.64. The molecular formula is C20H31NO4. The number of hydrogen-bond acceptors (Lipinski definition) is 5. The fourth-order valence-electron chi connectivity index (χ4n) is 3.58. The summed E-state index contributed by atoms with van der Waals surface area (Å²) in [6.45, 7) is -3.55. The summed E-state index contributed by atoms with van der Waals surface area (Å²) in [5.41, 5.74) is 1.04. The number of nitrogens with zero attached hydrogens (tertiary/aromatic N) is 1. The summed E-state index contributed by atoms with van der Waals surface area (Å²) >= 11 is 0. The molecule has 1 N–H and O–H groups in total. The third-order valence-electron chi connectivity index (χ3n) is 4.91. The Labute approximate surface area is 156 Å². The molecule has 0 amide bonds. The first-order chi connectivity index (χ1) is 13.7. The van der Waals surface area contributed by atoms with Gasteiger partial charge < -0.3 is 19.3 Å². The molecule has 3 atom stereocenters. The van der Waals surface area contributed by atoms with Crippen LogP contribution in [-0.2, 0) is 11.2 Å². The van der Waals surface area contributed by atoms with E-state index in [0.29, 0.717) is 30.9 Å². The van der Waals surface area contributed by atoms with Crippen molar-refractivity contribution < 1.29 is 24.8 Å². The van der Waals surface area contributed by atoms with E-state index >= 15 is 0 Å². The summed E-state index contributed by atoms with van der Waals surface area (Å²) in [4.78, 5) is 1.23. The Kier molecular flexibility index (Phi) is 4.92. The van der Waals surface area contributed by atoms with Crippen LogP contribution in [-0.4, -0.2) is 62.1 Å². The van der Waals surface area contributed by atoms with Crippen molar-refractivity contribution >= 4 is 0 Å². The molecule has 1 aliphatic heterocycles. The number of rotatable bonds is 7. The fraction of sp³-hybridized carbons (Fsp3) is 0.700. The lowest BCUT2D eigenvalue weighted by Gasteiger charge is -2.37. The van der Waals surface area contributed by atoms with Gasteiger partial charge in [-0.2, -0.15) is 0 Å². The third-order valence-corrected chi connectivity index (χ3v) is 4.91. The highest BCUT2D eigenvalue weighted by atomic mass is 16.5. The molecule has 1 saturated carbocycles. The van der Waals surface area contributed by atoms with Gasteiger partial charge in [-0.05, 0) is 43.4 Å². The Bertz CT molecular complexity index is 703. The molecule has 1 heterocycles. The molecule has 1 saturated heterocycles. The minimum absolute atomic E-state index is 0.227. The highest BCUT2D eigenvalue weighted by molar-refractivity contribution is 5.42. The van der Waals surface area contributed by atoms with Crippen LogP contribution in [0.2, 0.25) is 0 Å². The van der Waals surface area contributed by atoms with Crippen molar-refractivity contribution in [2.45, 2.75) is 56.8 Å². The normalized spacial score (nSPS) is 33.8. The third kappa shape index (κ3) is 4.66. The maximum absolute atomic E-state index is 10.1. The minimum Gasteiger partial charge on any atom is -0.493 e. The molecule has 5 heteroatoms. The van der Waals surface area contributed by atoms with Gasteiger partial charge in [-0.3, -0.25) is 4.90 Å². The average Bonchev–Trinajstić information content (AvgIpc) is 2.84. The summed E-state index contributed by atoms with van der Waals surface area (Å²) in [5, 5.41) is 10.1. The number of aliphatic hydroxyl groups excluding tert-OH is 1. The Morgan fingerprint density at radius 2 is 1.96 bits per heavy atom.